The Morgan fingerprint density at radius 3 is 2.56 bits per heavy atom. The van der Waals surface area contributed by atoms with Crippen molar-refractivity contribution in [2.75, 3.05) is 33.1 Å². The van der Waals surface area contributed by atoms with Gasteiger partial charge in [-0.3, -0.25) is 0 Å². The Morgan fingerprint density at radius 2 is 2.06 bits per heavy atom. The average Bonchev–Trinajstić information content (AvgIpc) is 2.35. The molecule has 0 fully saturated rings. The van der Waals surface area contributed by atoms with E-state index in [0.717, 1.165) is 18.0 Å². The van der Waals surface area contributed by atoms with Gasteiger partial charge >= 0.3 is 0 Å². The lowest BCUT2D eigenvalue weighted by molar-refractivity contribution is 0.210. The van der Waals surface area contributed by atoms with Crippen molar-refractivity contribution in [2.24, 2.45) is 0 Å². The molecule has 0 aliphatic heterocycles. The summed E-state index contributed by atoms with van der Waals surface area (Å²) in [4.78, 5) is 2.15. The van der Waals surface area contributed by atoms with Crippen LogP contribution in [0.2, 0.25) is 0 Å². The van der Waals surface area contributed by atoms with Crippen LogP contribution in [0.4, 0.5) is 5.69 Å². The van der Waals surface area contributed by atoms with E-state index in [1.54, 1.807) is 19.2 Å². The summed E-state index contributed by atoms with van der Waals surface area (Å²) in [5.41, 5.74) is 1.45. The van der Waals surface area contributed by atoms with E-state index in [-0.39, 0.29) is 5.54 Å². The van der Waals surface area contributed by atoms with Gasteiger partial charge in [0.1, 0.15) is 11.8 Å². The first kappa shape index (κ1) is 14.3. The lowest BCUT2D eigenvalue weighted by Gasteiger charge is -2.33. The molecule has 0 saturated heterocycles. The fourth-order valence-corrected chi connectivity index (χ4v) is 1.36. The molecule has 0 heterocycles. The molecule has 18 heavy (non-hydrogen) atoms. The molecule has 1 rings (SSSR count). The third kappa shape index (κ3) is 3.38. The van der Waals surface area contributed by atoms with Crippen LogP contribution in [0.1, 0.15) is 19.4 Å². The lowest BCUT2D eigenvalue weighted by Crippen LogP contribution is -2.44. The number of nitriles is 1. The van der Waals surface area contributed by atoms with Crippen LogP contribution in [0.3, 0.4) is 0 Å². The molecule has 0 radical (unpaired) electrons. The number of nitrogens with zero attached hydrogens (tertiary/aromatic N) is 2. The maximum absolute atomic E-state index is 9.08. The van der Waals surface area contributed by atoms with Gasteiger partial charge in [0.2, 0.25) is 0 Å². The van der Waals surface area contributed by atoms with Crippen LogP contribution >= 0.6 is 0 Å². The summed E-state index contributed by atoms with van der Waals surface area (Å²) < 4.78 is 5.17. The van der Waals surface area contributed by atoms with Crippen molar-refractivity contribution in [1.82, 2.24) is 4.90 Å². The van der Waals surface area contributed by atoms with E-state index in [4.69, 9.17) is 10.00 Å². The van der Waals surface area contributed by atoms with Gasteiger partial charge < -0.3 is 15.0 Å². The molecule has 0 aliphatic carbocycles. The highest BCUT2D eigenvalue weighted by molar-refractivity contribution is 5.60. The molecule has 0 aromatic heterocycles. The Hall–Kier alpha value is -1.73. The van der Waals surface area contributed by atoms with Crippen molar-refractivity contribution in [3.05, 3.63) is 23.8 Å². The standard InChI is InChI=1S/C14H21N3O/c1-14(2,17(3)4)10-16-13-8-12(18-5)7-6-11(13)9-15/h6-8,16H,10H2,1-5H3. The fraction of sp³-hybridized carbons (Fsp3) is 0.500. The quantitative estimate of drug-likeness (QED) is 0.867. The zero-order chi connectivity index (χ0) is 13.8. The van der Waals surface area contributed by atoms with Crippen molar-refractivity contribution in [1.29, 1.82) is 5.26 Å². The summed E-state index contributed by atoms with van der Waals surface area (Å²) in [6.45, 7) is 5.04. The van der Waals surface area contributed by atoms with Crippen LogP contribution in [-0.4, -0.2) is 38.2 Å². The van der Waals surface area contributed by atoms with Gasteiger partial charge in [0.05, 0.1) is 18.4 Å². The first-order chi connectivity index (χ1) is 8.40. The van der Waals surface area contributed by atoms with Gasteiger partial charge in [0.15, 0.2) is 0 Å². The van der Waals surface area contributed by atoms with Gasteiger partial charge in [-0.1, -0.05) is 0 Å². The fourth-order valence-electron chi connectivity index (χ4n) is 1.36. The highest BCUT2D eigenvalue weighted by Crippen LogP contribution is 2.23. The third-order valence-electron chi connectivity index (χ3n) is 3.27. The van der Waals surface area contributed by atoms with Crippen LogP contribution in [0.15, 0.2) is 18.2 Å². The molecule has 4 nitrogen and oxygen atoms in total. The molecule has 0 unspecified atom stereocenters. The van der Waals surface area contributed by atoms with Gasteiger partial charge in [0.25, 0.3) is 0 Å². The molecule has 0 atom stereocenters. The van der Waals surface area contributed by atoms with Crippen LogP contribution in [0.5, 0.6) is 5.75 Å². The molecule has 1 N–H and O–H groups in total. The smallest absolute Gasteiger partial charge is 0.121 e. The predicted octanol–water partition coefficient (Wildman–Crippen LogP) is 2.32. The second-order valence-electron chi connectivity index (χ2n) is 5.08. The molecule has 1 aromatic rings. The normalized spacial score (nSPS) is 11.2. The highest BCUT2D eigenvalue weighted by atomic mass is 16.5. The molecule has 98 valence electrons. The van der Waals surface area contributed by atoms with Gasteiger partial charge in [-0.15, -0.1) is 0 Å². The largest absolute Gasteiger partial charge is 0.497 e. The Bertz CT molecular complexity index is 447. The molecule has 0 spiro atoms. The summed E-state index contributed by atoms with van der Waals surface area (Å²) in [6.07, 6.45) is 0. The molecule has 0 saturated carbocycles. The lowest BCUT2D eigenvalue weighted by atomic mass is 10.0. The van der Waals surface area contributed by atoms with Crippen molar-refractivity contribution in [3.63, 3.8) is 0 Å². The SMILES string of the molecule is COc1ccc(C#N)c(NCC(C)(C)N(C)C)c1. The summed E-state index contributed by atoms with van der Waals surface area (Å²) in [5, 5.41) is 12.4. The number of rotatable bonds is 5. The van der Waals surface area contributed by atoms with Gasteiger partial charge in [-0.05, 0) is 40.1 Å². The Labute approximate surface area is 109 Å². The molecular formula is C14H21N3O. The van der Waals surface area contributed by atoms with E-state index < -0.39 is 0 Å². The monoisotopic (exact) mass is 247 g/mol. The number of methoxy groups -OCH3 is 1. The number of ether oxygens (including phenoxy) is 1. The minimum atomic E-state index is 0.00972. The topological polar surface area (TPSA) is 48.3 Å². The van der Waals surface area contributed by atoms with Gasteiger partial charge in [0, 0.05) is 18.2 Å². The number of likely N-dealkylation sites (N-methyl/N-ethyl adjacent to an activating group) is 1. The van der Waals surface area contributed by atoms with Gasteiger partial charge in [-0.25, -0.2) is 0 Å². The van der Waals surface area contributed by atoms with Crippen LogP contribution in [0, 0.1) is 11.3 Å². The van der Waals surface area contributed by atoms with E-state index in [1.165, 1.54) is 0 Å². The van der Waals surface area contributed by atoms with Crippen LogP contribution in [0.25, 0.3) is 0 Å². The number of hydrogen-bond acceptors (Lipinski definition) is 4. The summed E-state index contributed by atoms with van der Waals surface area (Å²) in [6, 6.07) is 7.59. The predicted molar refractivity (Wildman–Crippen MR) is 74.0 cm³/mol. The first-order valence-electron chi connectivity index (χ1n) is 5.90. The zero-order valence-electron chi connectivity index (χ0n) is 11.7. The van der Waals surface area contributed by atoms with Crippen LogP contribution in [-0.2, 0) is 0 Å². The van der Waals surface area contributed by atoms with Crippen molar-refractivity contribution in [2.45, 2.75) is 19.4 Å². The van der Waals surface area contributed by atoms with Crippen molar-refractivity contribution >= 4 is 5.69 Å². The molecule has 4 heteroatoms. The van der Waals surface area contributed by atoms with E-state index in [1.807, 2.05) is 20.2 Å². The Balaban J connectivity index is 2.87. The second kappa shape index (κ2) is 5.74. The summed E-state index contributed by atoms with van der Waals surface area (Å²) in [5.74, 6) is 0.749. The number of nitrogens with one attached hydrogen (secondary N) is 1. The van der Waals surface area contributed by atoms with Gasteiger partial charge in [-0.2, -0.15) is 5.26 Å². The average molecular weight is 247 g/mol. The first-order valence-corrected chi connectivity index (χ1v) is 5.90. The number of anilines is 1. The molecule has 0 aliphatic rings. The zero-order valence-corrected chi connectivity index (χ0v) is 11.7. The van der Waals surface area contributed by atoms with Crippen molar-refractivity contribution < 1.29 is 4.74 Å². The molecule has 0 amide bonds. The van der Waals surface area contributed by atoms with E-state index in [2.05, 4.69) is 30.1 Å². The van der Waals surface area contributed by atoms with Crippen molar-refractivity contribution in [3.8, 4) is 11.8 Å². The number of hydrogen-bond donors (Lipinski definition) is 1. The third-order valence-corrected chi connectivity index (χ3v) is 3.27. The van der Waals surface area contributed by atoms with E-state index in [0.29, 0.717) is 5.56 Å². The maximum Gasteiger partial charge on any atom is 0.121 e. The van der Waals surface area contributed by atoms with E-state index in [9.17, 15) is 0 Å². The second-order valence-corrected chi connectivity index (χ2v) is 5.08. The minimum Gasteiger partial charge on any atom is -0.497 e. The van der Waals surface area contributed by atoms with Crippen LogP contribution < -0.4 is 10.1 Å². The molecular weight excluding hydrogens is 226 g/mol. The van der Waals surface area contributed by atoms with E-state index >= 15 is 0 Å². The Morgan fingerprint density at radius 1 is 1.39 bits per heavy atom. The summed E-state index contributed by atoms with van der Waals surface area (Å²) >= 11 is 0. The minimum absolute atomic E-state index is 0.00972. The molecule has 1 aromatic carbocycles. The Kier molecular flexibility index (Phi) is 4.57. The molecule has 0 bridgehead atoms. The maximum atomic E-state index is 9.08. The summed E-state index contributed by atoms with van der Waals surface area (Å²) in [7, 11) is 5.70. The number of benzene rings is 1. The highest BCUT2D eigenvalue weighted by Gasteiger charge is 2.20.